The fraction of sp³-hybridized carbons (Fsp3) is 0.130. The Hall–Kier alpha value is -3.22. The highest BCUT2D eigenvalue weighted by Gasteiger charge is 2.10. The first-order chi connectivity index (χ1) is 14.1. The number of hydroxylamine groups is 1. The second-order valence-corrected chi connectivity index (χ2v) is 6.96. The van der Waals surface area contributed by atoms with Crippen molar-refractivity contribution in [2.45, 2.75) is 13.0 Å². The maximum Gasteiger partial charge on any atom is 0.251 e. The van der Waals surface area contributed by atoms with Gasteiger partial charge in [0.05, 0.1) is 6.54 Å². The number of amides is 1. The Morgan fingerprint density at radius 3 is 2.14 bits per heavy atom. The van der Waals surface area contributed by atoms with Crippen molar-refractivity contribution >= 4 is 23.1 Å². The van der Waals surface area contributed by atoms with E-state index in [1.807, 2.05) is 67.0 Å². The van der Waals surface area contributed by atoms with Crippen LogP contribution in [0.5, 0.6) is 5.75 Å². The van der Waals surface area contributed by atoms with Gasteiger partial charge in [-0.15, -0.1) is 0 Å². The Morgan fingerprint density at radius 2 is 1.52 bits per heavy atom. The first-order valence-electron chi connectivity index (χ1n) is 9.21. The van der Waals surface area contributed by atoms with Crippen LogP contribution in [0.2, 0.25) is 0 Å². The van der Waals surface area contributed by atoms with Gasteiger partial charge in [0.1, 0.15) is 16.8 Å². The third kappa shape index (κ3) is 5.63. The summed E-state index contributed by atoms with van der Waals surface area (Å²) in [7, 11) is 0. The van der Waals surface area contributed by atoms with Crippen LogP contribution in [0, 0.1) is 0 Å². The van der Waals surface area contributed by atoms with Gasteiger partial charge in [-0.25, -0.2) is 0 Å². The van der Waals surface area contributed by atoms with Gasteiger partial charge in [-0.1, -0.05) is 54.7 Å². The Bertz CT molecular complexity index is 958. The number of thiocarbonyl (C=S) groups is 1. The van der Waals surface area contributed by atoms with Gasteiger partial charge in [0, 0.05) is 11.1 Å². The zero-order chi connectivity index (χ0) is 20.6. The summed E-state index contributed by atoms with van der Waals surface area (Å²) in [5.74, 6) is 0.512. The van der Waals surface area contributed by atoms with Crippen molar-refractivity contribution in [3.8, 4) is 16.9 Å². The molecule has 0 saturated heterocycles. The van der Waals surface area contributed by atoms with Gasteiger partial charge in [-0.05, 0) is 54.4 Å². The van der Waals surface area contributed by atoms with Crippen molar-refractivity contribution in [1.29, 1.82) is 0 Å². The molecule has 0 bridgehead atoms. The number of carbonyl (C=O) groups excluding carboxylic acids is 1. The van der Waals surface area contributed by atoms with Gasteiger partial charge in [0.25, 0.3) is 5.91 Å². The van der Waals surface area contributed by atoms with Gasteiger partial charge >= 0.3 is 0 Å². The predicted octanol–water partition coefficient (Wildman–Crippen LogP) is 4.21. The Labute approximate surface area is 175 Å². The van der Waals surface area contributed by atoms with Crippen LogP contribution in [0.1, 0.15) is 22.8 Å². The average Bonchev–Trinajstić information content (AvgIpc) is 2.78. The van der Waals surface area contributed by atoms with Crippen molar-refractivity contribution in [2.75, 3.05) is 6.54 Å². The van der Waals surface area contributed by atoms with Gasteiger partial charge in [-0.3, -0.25) is 15.5 Å². The van der Waals surface area contributed by atoms with Gasteiger partial charge in [-0.2, -0.15) is 0 Å². The van der Waals surface area contributed by atoms with E-state index in [9.17, 15) is 4.79 Å². The normalized spacial score (nSPS) is 11.4. The molecule has 0 aliphatic heterocycles. The largest absolute Gasteiger partial charge is 0.489 e. The first kappa shape index (κ1) is 20.5. The van der Waals surface area contributed by atoms with Crippen LogP contribution in [0.4, 0.5) is 0 Å². The fourth-order valence-corrected chi connectivity index (χ4v) is 2.94. The van der Waals surface area contributed by atoms with E-state index in [0.717, 1.165) is 11.1 Å². The SMILES string of the molecule is C[C@H](CNC(=O)c1ccc(-c2ccccc2)cc1)Oc1ccc(C(=S)NO)cc1. The Balaban J connectivity index is 1.51. The van der Waals surface area contributed by atoms with Crippen LogP contribution < -0.4 is 15.5 Å². The summed E-state index contributed by atoms with van der Waals surface area (Å²) in [4.78, 5) is 12.6. The molecule has 3 rings (SSSR count). The minimum absolute atomic E-state index is 0.144. The molecule has 0 aliphatic rings. The van der Waals surface area contributed by atoms with E-state index in [2.05, 4.69) is 5.32 Å². The summed E-state index contributed by atoms with van der Waals surface area (Å²) in [6.07, 6.45) is -0.212. The average molecular weight is 407 g/mol. The molecule has 0 radical (unpaired) electrons. The molecule has 0 heterocycles. The highest BCUT2D eigenvalue weighted by Crippen LogP contribution is 2.19. The third-order valence-electron chi connectivity index (χ3n) is 4.36. The maximum absolute atomic E-state index is 12.4. The number of rotatable bonds is 7. The van der Waals surface area contributed by atoms with Crippen LogP contribution >= 0.6 is 12.2 Å². The van der Waals surface area contributed by atoms with E-state index >= 15 is 0 Å². The van der Waals surface area contributed by atoms with Crippen molar-refractivity contribution in [2.24, 2.45) is 0 Å². The van der Waals surface area contributed by atoms with Crippen LogP contribution in [-0.2, 0) is 0 Å². The van der Waals surface area contributed by atoms with E-state index in [1.54, 1.807) is 24.3 Å². The molecule has 3 aromatic carbocycles. The molecule has 5 nitrogen and oxygen atoms in total. The molecule has 148 valence electrons. The molecule has 0 aromatic heterocycles. The maximum atomic E-state index is 12.4. The number of benzene rings is 3. The van der Waals surface area contributed by atoms with Gasteiger partial charge < -0.3 is 10.1 Å². The van der Waals surface area contributed by atoms with E-state index in [-0.39, 0.29) is 17.0 Å². The predicted molar refractivity (Wildman–Crippen MR) is 117 cm³/mol. The molecular weight excluding hydrogens is 384 g/mol. The molecule has 0 saturated carbocycles. The van der Waals surface area contributed by atoms with Gasteiger partial charge in [0.15, 0.2) is 0 Å². The topological polar surface area (TPSA) is 70.6 Å². The van der Waals surface area contributed by atoms with Crippen LogP contribution in [0.25, 0.3) is 11.1 Å². The molecule has 1 atom stereocenters. The number of ether oxygens (including phenoxy) is 1. The first-order valence-corrected chi connectivity index (χ1v) is 9.62. The van der Waals surface area contributed by atoms with Crippen molar-refractivity contribution in [1.82, 2.24) is 10.8 Å². The molecule has 6 heteroatoms. The number of nitrogens with one attached hydrogen (secondary N) is 2. The molecule has 0 fully saturated rings. The molecule has 3 aromatic rings. The molecular formula is C23H22N2O3S. The molecule has 0 aliphatic carbocycles. The zero-order valence-corrected chi connectivity index (χ0v) is 16.8. The van der Waals surface area contributed by atoms with Gasteiger partial charge in [0.2, 0.25) is 0 Å². The lowest BCUT2D eigenvalue weighted by molar-refractivity contribution is 0.0932. The summed E-state index contributed by atoms with van der Waals surface area (Å²) in [6.45, 7) is 2.25. The quantitative estimate of drug-likeness (QED) is 0.405. The summed E-state index contributed by atoms with van der Waals surface area (Å²) in [6, 6.07) is 24.6. The van der Waals surface area contributed by atoms with Crippen molar-refractivity contribution in [3.63, 3.8) is 0 Å². The number of carbonyl (C=O) groups is 1. The fourth-order valence-electron chi connectivity index (χ4n) is 2.81. The monoisotopic (exact) mass is 406 g/mol. The van der Waals surface area contributed by atoms with Crippen LogP contribution in [0.3, 0.4) is 0 Å². The van der Waals surface area contributed by atoms with E-state index < -0.39 is 0 Å². The minimum atomic E-state index is -0.212. The molecule has 29 heavy (non-hydrogen) atoms. The third-order valence-corrected chi connectivity index (χ3v) is 4.69. The highest BCUT2D eigenvalue weighted by molar-refractivity contribution is 7.80. The highest BCUT2D eigenvalue weighted by atomic mass is 32.1. The zero-order valence-electron chi connectivity index (χ0n) is 16.0. The lowest BCUT2D eigenvalue weighted by Crippen LogP contribution is -2.33. The minimum Gasteiger partial charge on any atom is -0.489 e. The van der Waals surface area contributed by atoms with Crippen LogP contribution in [0.15, 0.2) is 78.9 Å². The van der Waals surface area contributed by atoms with Crippen molar-refractivity contribution < 1.29 is 14.7 Å². The van der Waals surface area contributed by atoms with E-state index in [4.69, 9.17) is 22.2 Å². The summed E-state index contributed by atoms with van der Waals surface area (Å²) in [5, 5.41) is 11.7. The molecule has 0 spiro atoms. The lowest BCUT2D eigenvalue weighted by Gasteiger charge is -2.16. The number of hydrogen-bond donors (Lipinski definition) is 3. The molecule has 0 unspecified atom stereocenters. The second-order valence-electron chi connectivity index (χ2n) is 6.55. The van der Waals surface area contributed by atoms with E-state index in [0.29, 0.717) is 23.4 Å². The number of hydrogen-bond acceptors (Lipinski definition) is 4. The molecule has 3 N–H and O–H groups in total. The smallest absolute Gasteiger partial charge is 0.251 e. The van der Waals surface area contributed by atoms with Crippen LogP contribution in [-0.4, -0.2) is 28.8 Å². The Morgan fingerprint density at radius 1 is 0.931 bits per heavy atom. The lowest BCUT2D eigenvalue weighted by atomic mass is 10.0. The summed E-state index contributed by atoms with van der Waals surface area (Å²) in [5.41, 5.74) is 5.42. The standard InChI is InChI=1S/C23H22N2O3S/c1-16(28-21-13-11-20(12-14-21)23(29)25-27)15-24-22(26)19-9-7-18(8-10-19)17-5-3-2-4-6-17/h2-14,16,27H,15H2,1H3,(H,24,26)(H,25,29)/t16-/m1/s1. The summed E-state index contributed by atoms with van der Waals surface area (Å²) >= 11 is 4.96. The molecule has 1 amide bonds. The summed E-state index contributed by atoms with van der Waals surface area (Å²) < 4.78 is 5.81. The Kier molecular flexibility index (Phi) is 6.94. The second kappa shape index (κ2) is 9.82. The van der Waals surface area contributed by atoms with Crippen molar-refractivity contribution in [3.05, 3.63) is 90.0 Å². The van der Waals surface area contributed by atoms with E-state index in [1.165, 1.54) is 0 Å².